The number of sulfonamides is 1. The van der Waals surface area contributed by atoms with Gasteiger partial charge in [0.1, 0.15) is 23.5 Å². The normalized spacial score (nSPS) is 15.7. The number of hydrogen-bond donors (Lipinski definition) is 0. The van der Waals surface area contributed by atoms with Crippen LogP contribution in [0.25, 0.3) is 0 Å². The zero-order chi connectivity index (χ0) is 23.7. The van der Waals surface area contributed by atoms with Crippen molar-refractivity contribution in [2.45, 2.75) is 70.1 Å². The van der Waals surface area contributed by atoms with E-state index in [1.54, 1.807) is 39.0 Å². The summed E-state index contributed by atoms with van der Waals surface area (Å²) in [5, 5.41) is 0. The van der Waals surface area contributed by atoms with E-state index in [2.05, 4.69) is 15.9 Å². The first-order chi connectivity index (χ1) is 14.7. The second-order valence-corrected chi connectivity index (χ2v) is 12.5. The molecule has 8 heteroatoms. The van der Waals surface area contributed by atoms with Gasteiger partial charge in [0.15, 0.2) is 0 Å². The molecular weight excluding hydrogens is 494 g/mol. The molecule has 0 aromatic heterocycles. The molecule has 32 heavy (non-hydrogen) atoms. The van der Waals surface area contributed by atoms with Gasteiger partial charge in [0.2, 0.25) is 10.0 Å². The largest absolute Gasteiger partial charge is 0.488 e. The van der Waals surface area contributed by atoms with Gasteiger partial charge in [-0.3, -0.25) is 4.79 Å². The summed E-state index contributed by atoms with van der Waals surface area (Å²) in [5.41, 5.74) is 0.620. The van der Waals surface area contributed by atoms with Crippen LogP contribution in [0, 0.1) is 0 Å². The summed E-state index contributed by atoms with van der Waals surface area (Å²) in [6, 6.07) is 12.2. The van der Waals surface area contributed by atoms with Crippen molar-refractivity contribution < 1.29 is 22.7 Å². The molecule has 1 heterocycles. The van der Waals surface area contributed by atoms with Gasteiger partial charge in [0.05, 0.1) is 4.90 Å². The van der Waals surface area contributed by atoms with Gasteiger partial charge in [0, 0.05) is 11.0 Å². The average molecular weight is 524 g/mol. The van der Waals surface area contributed by atoms with Crippen LogP contribution in [-0.4, -0.2) is 36.4 Å². The molecule has 0 bridgehead atoms. The number of fused-ring (bicyclic) bond motifs is 1. The Bertz CT molecular complexity index is 1110. The van der Waals surface area contributed by atoms with Crippen molar-refractivity contribution in [3.63, 3.8) is 0 Å². The molecule has 2 aromatic carbocycles. The Morgan fingerprint density at radius 2 is 1.91 bits per heavy atom. The van der Waals surface area contributed by atoms with E-state index in [1.165, 1.54) is 0 Å². The SMILES string of the molecule is CC(C)(C)OC(=O)CN(Cc1cccc(Br)c1)S(=O)(=O)c1ccc2c(c1)CCC(C)(C)O2. The van der Waals surface area contributed by atoms with Crippen molar-refractivity contribution in [3.8, 4) is 5.75 Å². The van der Waals surface area contributed by atoms with Gasteiger partial charge in [-0.15, -0.1) is 0 Å². The highest BCUT2D eigenvalue weighted by atomic mass is 79.9. The third-order valence-corrected chi connectivity index (χ3v) is 7.31. The van der Waals surface area contributed by atoms with Crippen LogP contribution in [0.15, 0.2) is 51.8 Å². The Morgan fingerprint density at radius 3 is 2.56 bits per heavy atom. The predicted octanol–water partition coefficient (Wildman–Crippen LogP) is 5.09. The summed E-state index contributed by atoms with van der Waals surface area (Å²) in [4.78, 5) is 12.7. The molecule has 0 aliphatic carbocycles. The van der Waals surface area contributed by atoms with Gasteiger partial charge in [0.25, 0.3) is 0 Å². The van der Waals surface area contributed by atoms with Crippen LogP contribution in [0.4, 0.5) is 0 Å². The van der Waals surface area contributed by atoms with E-state index in [4.69, 9.17) is 9.47 Å². The van der Waals surface area contributed by atoms with Crippen molar-refractivity contribution in [2.75, 3.05) is 6.54 Å². The van der Waals surface area contributed by atoms with Crippen molar-refractivity contribution in [2.24, 2.45) is 0 Å². The number of rotatable bonds is 6. The molecule has 2 aromatic rings. The molecule has 1 aliphatic rings. The fraction of sp³-hybridized carbons (Fsp3) is 0.458. The standard InChI is InChI=1S/C24H30BrNO5S/c1-23(2,3)31-22(27)16-26(15-17-7-6-8-19(25)13-17)32(28,29)20-9-10-21-18(14-20)11-12-24(4,5)30-21/h6-10,13-14H,11-12,15-16H2,1-5H3. The minimum absolute atomic E-state index is 0.0433. The molecule has 0 fully saturated rings. The molecular formula is C24H30BrNO5S. The average Bonchev–Trinajstić information content (AvgIpc) is 2.65. The maximum atomic E-state index is 13.6. The maximum absolute atomic E-state index is 13.6. The molecule has 0 atom stereocenters. The van der Waals surface area contributed by atoms with Crippen LogP contribution in [0.2, 0.25) is 0 Å². The number of halogens is 1. The predicted molar refractivity (Wildman–Crippen MR) is 127 cm³/mol. The molecule has 174 valence electrons. The third kappa shape index (κ3) is 6.33. The molecule has 0 radical (unpaired) electrons. The number of carbonyl (C=O) groups excluding carboxylic acids is 1. The van der Waals surface area contributed by atoms with Gasteiger partial charge >= 0.3 is 5.97 Å². The quantitative estimate of drug-likeness (QED) is 0.493. The first-order valence-corrected chi connectivity index (χ1v) is 12.8. The van der Waals surface area contributed by atoms with Crippen LogP contribution in [-0.2, 0) is 32.5 Å². The van der Waals surface area contributed by atoms with E-state index in [0.717, 1.165) is 32.7 Å². The number of nitrogens with zero attached hydrogens (tertiary/aromatic N) is 1. The molecule has 0 saturated heterocycles. The monoisotopic (exact) mass is 523 g/mol. The van der Waals surface area contributed by atoms with E-state index in [0.29, 0.717) is 5.75 Å². The van der Waals surface area contributed by atoms with E-state index in [-0.39, 0.29) is 23.6 Å². The van der Waals surface area contributed by atoms with Crippen molar-refractivity contribution in [1.82, 2.24) is 4.31 Å². The Hall–Kier alpha value is -1.90. The number of aryl methyl sites for hydroxylation is 1. The lowest BCUT2D eigenvalue weighted by Gasteiger charge is -2.33. The van der Waals surface area contributed by atoms with Gasteiger partial charge < -0.3 is 9.47 Å². The van der Waals surface area contributed by atoms with E-state index in [1.807, 2.05) is 38.1 Å². The van der Waals surface area contributed by atoms with Gasteiger partial charge in [-0.2, -0.15) is 4.31 Å². The summed E-state index contributed by atoms with van der Waals surface area (Å²) in [6.07, 6.45) is 1.52. The molecule has 3 rings (SSSR count). The first kappa shape index (κ1) is 24.7. The highest BCUT2D eigenvalue weighted by molar-refractivity contribution is 9.10. The van der Waals surface area contributed by atoms with Gasteiger partial charge in [-0.25, -0.2) is 8.42 Å². The lowest BCUT2D eigenvalue weighted by Crippen LogP contribution is -2.38. The zero-order valence-electron chi connectivity index (χ0n) is 19.1. The highest BCUT2D eigenvalue weighted by Gasteiger charge is 2.32. The van der Waals surface area contributed by atoms with Crippen LogP contribution in [0.3, 0.4) is 0 Å². The fourth-order valence-electron chi connectivity index (χ4n) is 3.53. The maximum Gasteiger partial charge on any atom is 0.321 e. The summed E-state index contributed by atoms with van der Waals surface area (Å²) >= 11 is 3.41. The van der Waals surface area contributed by atoms with Crippen molar-refractivity contribution in [3.05, 3.63) is 58.1 Å². The van der Waals surface area contributed by atoms with E-state index < -0.39 is 21.6 Å². The molecule has 0 N–H and O–H groups in total. The van der Waals surface area contributed by atoms with Crippen LogP contribution < -0.4 is 4.74 Å². The lowest BCUT2D eigenvalue weighted by atomic mass is 9.94. The molecule has 1 aliphatic heterocycles. The summed E-state index contributed by atoms with van der Waals surface area (Å²) in [5.74, 6) is 0.102. The lowest BCUT2D eigenvalue weighted by molar-refractivity contribution is -0.155. The van der Waals surface area contributed by atoms with E-state index >= 15 is 0 Å². The first-order valence-electron chi connectivity index (χ1n) is 10.5. The Balaban J connectivity index is 1.94. The Labute approximate surface area is 199 Å². The number of hydrogen-bond acceptors (Lipinski definition) is 5. The Kier molecular flexibility index (Phi) is 7.08. The molecule has 6 nitrogen and oxygen atoms in total. The Morgan fingerprint density at radius 1 is 1.19 bits per heavy atom. The number of ether oxygens (including phenoxy) is 2. The van der Waals surface area contributed by atoms with Gasteiger partial charge in [-0.05, 0) is 88.9 Å². The zero-order valence-corrected chi connectivity index (χ0v) is 21.5. The molecule has 0 spiro atoms. The van der Waals surface area contributed by atoms with E-state index in [9.17, 15) is 13.2 Å². The second-order valence-electron chi connectivity index (χ2n) is 9.62. The van der Waals surface area contributed by atoms with Crippen LogP contribution in [0.5, 0.6) is 5.75 Å². The molecule has 0 saturated carbocycles. The topological polar surface area (TPSA) is 72.9 Å². The third-order valence-electron chi connectivity index (χ3n) is 5.03. The summed E-state index contributed by atoms with van der Waals surface area (Å²) < 4.78 is 40.6. The van der Waals surface area contributed by atoms with Crippen LogP contribution in [0.1, 0.15) is 52.2 Å². The molecule has 0 amide bonds. The minimum Gasteiger partial charge on any atom is -0.488 e. The molecule has 0 unspecified atom stereocenters. The smallest absolute Gasteiger partial charge is 0.321 e. The van der Waals surface area contributed by atoms with Crippen molar-refractivity contribution >= 4 is 31.9 Å². The van der Waals surface area contributed by atoms with Crippen molar-refractivity contribution in [1.29, 1.82) is 0 Å². The number of carbonyl (C=O) groups is 1. The van der Waals surface area contributed by atoms with Gasteiger partial charge in [-0.1, -0.05) is 28.1 Å². The summed E-state index contributed by atoms with van der Waals surface area (Å²) in [6.45, 7) is 8.95. The number of benzene rings is 2. The summed E-state index contributed by atoms with van der Waals surface area (Å²) in [7, 11) is -3.96. The minimum atomic E-state index is -3.96. The fourth-order valence-corrected chi connectivity index (χ4v) is 5.40. The highest BCUT2D eigenvalue weighted by Crippen LogP contribution is 2.35. The second kappa shape index (κ2) is 9.15. The number of esters is 1. The van der Waals surface area contributed by atoms with Crippen LogP contribution >= 0.6 is 15.9 Å².